The lowest BCUT2D eigenvalue weighted by atomic mass is 10.2. The zero-order valence-corrected chi connectivity index (χ0v) is 11.6. The first kappa shape index (κ1) is 15.5. The molecule has 6 N–H and O–H groups in total. The number of carbonyl (C=O) groups excluding carboxylic acids is 2. The molecule has 2 amide bonds. The standard InChI is InChI=1S/C11H18N6O3/c1-11(2,3)20-10(19)14-4-6(18)17-9-7(12)8(13)15-5-16-9/h5H,4,12H2,1-3H3,(H,14,19)(H3,13,15,16,17,18). The van der Waals surface area contributed by atoms with Crippen LogP contribution in [0.5, 0.6) is 0 Å². The lowest BCUT2D eigenvalue weighted by Gasteiger charge is -2.19. The molecule has 1 rings (SSSR count). The van der Waals surface area contributed by atoms with E-state index in [0.717, 1.165) is 0 Å². The van der Waals surface area contributed by atoms with Crippen molar-refractivity contribution in [3.05, 3.63) is 6.33 Å². The van der Waals surface area contributed by atoms with Crippen molar-refractivity contribution in [2.45, 2.75) is 26.4 Å². The van der Waals surface area contributed by atoms with Gasteiger partial charge in [-0.2, -0.15) is 0 Å². The van der Waals surface area contributed by atoms with Gasteiger partial charge in [0.1, 0.15) is 24.2 Å². The van der Waals surface area contributed by atoms with Gasteiger partial charge < -0.3 is 26.8 Å². The van der Waals surface area contributed by atoms with Gasteiger partial charge in [0.2, 0.25) is 5.91 Å². The molecule has 1 aromatic heterocycles. The van der Waals surface area contributed by atoms with E-state index in [4.69, 9.17) is 16.2 Å². The Labute approximate surface area is 116 Å². The summed E-state index contributed by atoms with van der Waals surface area (Å²) in [7, 11) is 0. The molecule has 0 atom stereocenters. The van der Waals surface area contributed by atoms with Crippen molar-refractivity contribution in [2.75, 3.05) is 23.3 Å². The Kier molecular flexibility index (Phi) is 4.68. The van der Waals surface area contributed by atoms with E-state index < -0.39 is 17.6 Å². The van der Waals surface area contributed by atoms with E-state index >= 15 is 0 Å². The average Bonchev–Trinajstić information content (AvgIpc) is 2.30. The molecule has 0 aliphatic heterocycles. The summed E-state index contributed by atoms with van der Waals surface area (Å²) in [6, 6.07) is 0. The summed E-state index contributed by atoms with van der Waals surface area (Å²) in [6.45, 7) is 4.88. The van der Waals surface area contributed by atoms with Crippen LogP contribution in [-0.4, -0.2) is 34.1 Å². The summed E-state index contributed by atoms with van der Waals surface area (Å²) < 4.78 is 4.98. The summed E-state index contributed by atoms with van der Waals surface area (Å²) in [5.74, 6) is -0.357. The molecular weight excluding hydrogens is 264 g/mol. The summed E-state index contributed by atoms with van der Waals surface area (Å²) >= 11 is 0. The van der Waals surface area contributed by atoms with Gasteiger partial charge in [0.05, 0.1) is 0 Å². The second kappa shape index (κ2) is 6.04. The minimum atomic E-state index is -0.692. The number of amides is 2. The molecule has 9 heteroatoms. The summed E-state index contributed by atoms with van der Waals surface area (Å²) in [4.78, 5) is 30.4. The second-order valence-corrected chi connectivity index (χ2v) is 4.92. The van der Waals surface area contributed by atoms with Crippen molar-refractivity contribution < 1.29 is 14.3 Å². The van der Waals surface area contributed by atoms with Crippen molar-refractivity contribution in [1.82, 2.24) is 15.3 Å². The van der Waals surface area contributed by atoms with Crippen LogP contribution < -0.4 is 22.1 Å². The highest BCUT2D eigenvalue weighted by molar-refractivity contribution is 5.96. The maximum atomic E-state index is 11.6. The van der Waals surface area contributed by atoms with E-state index in [0.29, 0.717) is 0 Å². The molecule has 0 saturated carbocycles. The fourth-order valence-electron chi connectivity index (χ4n) is 1.15. The molecular formula is C11H18N6O3. The van der Waals surface area contributed by atoms with Crippen LogP contribution in [0.1, 0.15) is 20.8 Å². The Morgan fingerprint density at radius 1 is 1.30 bits per heavy atom. The monoisotopic (exact) mass is 282 g/mol. The van der Waals surface area contributed by atoms with Gasteiger partial charge in [-0.15, -0.1) is 0 Å². The topological polar surface area (TPSA) is 145 Å². The molecule has 110 valence electrons. The second-order valence-electron chi connectivity index (χ2n) is 4.92. The first-order valence-corrected chi connectivity index (χ1v) is 5.81. The molecule has 1 aromatic rings. The third kappa shape index (κ3) is 4.96. The Hall–Kier alpha value is -2.58. The van der Waals surface area contributed by atoms with Crippen molar-refractivity contribution >= 4 is 29.3 Å². The van der Waals surface area contributed by atoms with Crippen LogP contribution in [-0.2, 0) is 9.53 Å². The lowest BCUT2D eigenvalue weighted by molar-refractivity contribution is -0.115. The van der Waals surface area contributed by atoms with Crippen LogP contribution in [0, 0.1) is 0 Å². The van der Waals surface area contributed by atoms with Crippen LogP contribution in [0.3, 0.4) is 0 Å². The average molecular weight is 282 g/mol. The Morgan fingerprint density at radius 2 is 1.95 bits per heavy atom. The van der Waals surface area contributed by atoms with Gasteiger partial charge in [0.15, 0.2) is 11.6 Å². The van der Waals surface area contributed by atoms with Crippen LogP contribution >= 0.6 is 0 Å². The number of nitrogens with two attached hydrogens (primary N) is 2. The molecule has 0 spiro atoms. The van der Waals surface area contributed by atoms with Crippen LogP contribution in [0.15, 0.2) is 6.33 Å². The van der Waals surface area contributed by atoms with E-state index in [2.05, 4.69) is 20.6 Å². The molecule has 0 fully saturated rings. The molecule has 0 aromatic carbocycles. The first-order valence-electron chi connectivity index (χ1n) is 5.81. The molecule has 0 aliphatic carbocycles. The maximum absolute atomic E-state index is 11.6. The molecule has 0 radical (unpaired) electrons. The highest BCUT2D eigenvalue weighted by Crippen LogP contribution is 2.18. The third-order valence-electron chi connectivity index (χ3n) is 1.96. The lowest BCUT2D eigenvalue weighted by Crippen LogP contribution is -2.37. The van der Waals surface area contributed by atoms with Crippen LogP contribution in [0.4, 0.5) is 22.1 Å². The Bertz CT molecular complexity index is 511. The number of ether oxygens (including phenoxy) is 1. The number of aromatic nitrogens is 2. The number of hydrogen-bond donors (Lipinski definition) is 4. The van der Waals surface area contributed by atoms with Gasteiger partial charge in [-0.05, 0) is 20.8 Å². The van der Waals surface area contributed by atoms with Gasteiger partial charge in [-0.1, -0.05) is 0 Å². The number of rotatable bonds is 3. The fourth-order valence-corrected chi connectivity index (χ4v) is 1.15. The summed E-state index contributed by atoms with van der Waals surface area (Å²) in [6.07, 6.45) is 0.477. The van der Waals surface area contributed by atoms with E-state index in [1.54, 1.807) is 20.8 Å². The Morgan fingerprint density at radius 3 is 2.55 bits per heavy atom. The van der Waals surface area contributed by atoms with Crippen molar-refractivity contribution in [3.63, 3.8) is 0 Å². The SMILES string of the molecule is CC(C)(C)OC(=O)NCC(=O)Nc1ncnc(N)c1N. The molecule has 9 nitrogen and oxygen atoms in total. The molecule has 1 heterocycles. The van der Waals surface area contributed by atoms with Gasteiger partial charge >= 0.3 is 6.09 Å². The normalized spacial score (nSPS) is 10.8. The summed E-state index contributed by atoms with van der Waals surface area (Å²) in [5.41, 5.74) is 10.5. The zero-order chi connectivity index (χ0) is 15.3. The summed E-state index contributed by atoms with van der Waals surface area (Å²) in [5, 5.41) is 4.71. The van der Waals surface area contributed by atoms with E-state index in [9.17, 15) is 9.59 Å². The van der Waals surface area contributed by atoms with Crippen LogP contribution in [0.25, 0.3) is 0 Å². The van der Waals surface area contributed by atoms with Crippen LogP contribution in [0.2, 0.25) is 0 Å². The number of alkyl carbamates (subject to hydrolysis) is 1. The van der Waals surface area contributed by atoms with Crippen molar-refractivity contribution in [1.29, 1.82) is 0 Å². The van der Waals surface area contributed by atoms with Crippen molar-refractivity contribution in [3.8, 4) is 0 Å². The van der Waals surface area contributed by atoms with Gasteiger partial charge in [-0.3, -0.25) is 4.79 Å². The number of carbonyl (C=O) groups is 2. The highest BCUT2D eigenvalue weighted by atomic mass is 16.6. The predicted molar refractivity (Wildman–Crippen MR) is 73.7 cm³/mol. The predicted octanol–water partition coefficient (Wildman–Crippen LogP) is 0.104. The smallest absolute Gasteiger partial charge is 0.408 e. The molecule has 0 unspecified atom stereocenters. The van der Waals surface area contributed by atoms with E-state index in [-0.39, 0.29) is 23.9 Å². The molecule has 20 heavy (non-hydrogen) atoms. The number of nitrogens with one attached hydrogen (secondary N) is 2. The highest BCUT2D eigenvalue weighted by Gasteiger charge is 2.17. The van der Waals surface area contributed by atoms with Gasteiger partial charge in [0.25, 0.3) is 0 Å². The van der Waals surface area contributed by atoms with Gasteiger partial charge in [0, 0.05) is 0 Å². The number of nitrogens with zero attached hydrogens (tertiary/aromatic N) is 2. The zero-order valence-electron chi connectivity index (χ0n) is 11.6. The maximum Gasteiger partial charge on any atom is 0.408 e. The molecule has 0 saturated heterocycles. The third-order valence-corrected chi connectivity index (χ3v) is 1.96. The number of hydrogen-bond acceptors (Lipinski definition) is 7. The largest absolute Gasteiger partial charge is 0.444 e. The minimum absolute atomic E-state index is 0.0652. The van der Waals surface area contributed by atoms with Crippen molar-refractivity contribution in [2.24, 2.45) is 0 Å². The molecule has 0 aliphatic rings. The van der Waals surface area contributed by atoms with E-state index in [1.165, 1.54) is 6.33 Å². The van der Waals surface area contributed by atoms with Gasteiger partial charge in [-0.25, -0.2) is 14.8 Å². The molecule has 0 bridgehead atoms. The number of anilines is 3. The fraction of sp³-hybridized carbons (Fsp3) is 0.455. The quantitative estimate of drug-likeness (QED) is 0.615. The van der Waals surface area contributed by atoms with E-state index in [1.807, 2.05) is 0 Å². The first-order chi connectivity index (χ1) is 9.19. The number of nitrogen functional groups attached to an aromatic ring is 2. The minimum Gasteiger partial charge on any atom is -0.444 e. The Balaban J connectivity index is 2.49.